The molecule has 1 heterocycles. The van der Waals surface area contributed by atoms with Gasteiger partial charge in [-0.1, -0.05) is 19.1 Å². The second-order valence-corrected chi connectivity index (χ2v) is 5.77. The Labute approximate surface area is 137 Å². The summed E-state index contributed by atoms with van der Waals surface area (Å²) in [6.07, 6.45) is 5.16. The first-order valence-corrected chi connectivity index (χ1v) is 7.94. The van der Waals surface area contributed by atoms with E-state index in [-0.39, 0.29) is 18.6 Å². The molecule has 23 heavy (non-hydrogen) atoms. The van der Waals surface area contributed by atoms with Gasteiger partial charge in [-0.25, -0.2) is 0 Å². The molecule has 5 heteroatoms. The molecule has 124 valence electrons. The van der Waals surface area contributed by atoms with Crippen molar-refractivity contribution in [2.75, 3.05) is 11.9 Å². The molecule has 1 aromatic heterocycles. The van der Waals surface area contributed by atoms with Gasteiger partial charge in [-0.3, -0.25) is 4.79 Å². The number of amides is 1. The van der Waals surface area contributed by atoms with Crippen LogP contribution in [0.1, 0.15) is 24.5 Å². The average Bonchev–Trinajstić information content (AvgIpc) is 2.97. The molecule has 0 bridgehead atoms. The number of hydrogen-bond donors (Lipinski definition) is 3. The number of nitrogens with one attached hydrogen (secondary N) is 2. The number of carbonyl (C=O) groups is 1. The van der Waals surface area contributed by atoms with Crippen molar-refractivity contribution in [1.82, 2.24) is 9.88 Å². The van der Waals surface area contributed by atoms with Gasteiger partial charge in [0.05, 0.1) is 19.1 Å². The normalized spacial score (nSPS) is 12.0. The number of aliphatic hydroxyl groups is 1. The number of rotatable bonds is 8. The minimum atomic E-state index is -0.158. The molecule has 5 nitrogen and oxygen atoms in total. The number of carbonyl (C=O) groups excluding carboxylic acids is 1. The maximum Gasteiger partial charge on any atom is 0.224 e. The van der Waals surface area contributed by atoms with E-state index in [4.69, 9.17) is 5.11 Å². The molecule has 0 radical (unpaired) electrons. The fraction of sp³-hybridized carbons (Fsp3) is 0.389. The molecule has 2 rings (SSSR count). The highest BCUT2D eigenvalue weighted by Crippen LogP contribution is 2.12. The smallest absolute Gasteiger partial charge is 0.224 e. The van der Waals surface area contributed by atoms with Crippen molar-refractivity contribution >= 4 is 11.6 Å². The zero-order chi connectivity index (χ0) is 16.7. The van der Waals surface area contributed by atoms with Crippen LogP contribution in [-0.2, 0) is 24.8 Å². The summed E-state index contributed by atoms with van der Waals surface area (Å²) < 4.78 is 2.02. The third kappa shape index (κ3) is 5.45. The van der Waals surface area contributed by atoms with Gasteiger partial charge < -0.3 is 20.3 Å². The quantitative estimate of drug-likeness (QED) is 0.698. The summed E-state index contributed by atoms with van der Waals surface area (Å²) in [5.74, 6) is -0.0594. The Hall–Kier alpha value is -2.27. The predicted octanol–water partition coefficient (Wildman–Crippen LogP) is 2.07. The minimum Gasteiger partial charge on any atom is -0.394 e. The largest absolute Gasteiger partial charge is 0.394 e. The highest BCUT2D eigenvalue weighted by Gasteiger charge is 2.09. The third-order valence-electron chi connectivity index (χ3n) is 3.79. The lowest BCUT2D eigenvalue weighted by atomic mass is 10.1. The molecule has 0 spiro atoms. The first kappa shape index (κ1) is 17.1. The Bertz CT molecular complexity index is 615. The standard InChI is InChI=1S/C18H25N3O2/c1-3-16(13-22)20-18(23)10-14-4-6-17(7-5-14)19-11-15-8-9-21(2)12-15/h4-9,12,16,19,22H,3,10-11,13H2,1-2H3,(H,20,23). The van der Waals surface area contributed by atoms with Gasteiger partial charge in [0, 0.05) is 31.7 Å². The zero-order valence-electron chi connectivity index (χ0n) is 13.7. The Morgan fingerprint density at radius 1 is 1.22 bits per heavy atom. The molecule has 0 aliphatic carbocycles. The van der Waals surface area contributed by atoms with E-state index >= 15 is 0 Å². The molecule has 0 saturated heterocycles. The summed E-state index contributed by atoms with van der Waals surface area (Å²) in [4.78, 5) is 11.9. The number of aromatic nitrogens is 1. The predicted molar refractivity (Wildman–Crippen MR) is 92.2 cm³/mol. The van der Waals surface area contributed by atoms with E-state index in [9.17, 15) is 4.79 Å². The van der Waals surface area contributed by atoms with Crippen LogP contribution in [-0.4, -0.2) is 28.2 Å². The maximum absolute atomic E-state index is 11.9. The van der Waals surface area contributed by atoms with Crippen molar-refractivity contribution in [3.63, 3.8) is 0 Å². The second-order valence-electron chi connectivity index (χ2n) is 5.77. The van der Waals surface area contributed by atoms with Gasteiger partial charge in [0.15, 0.2) is 0 Å². The SMILES string of the molecule is CCC(CO)NC(=O)Cc1ccc(NCc2ccn(C)c2)cc1. The molecule has 0 fully saturated rings. The molecule has 1 amide bonds. The van der Waals surface area contributed by atoms with E-state index in [1.54, 1.807) is 0 Å². The summed E-state index contributed by atoms with van der Waals surface area (Å²) in [5, 5.41) is 15.3. The summed E-state index contributed by atoms with van der Waals surface area (Å²) in [5.41, 5.74) is 3.21. The van der Waals surface area contributed by atoms with Gasteiger partial charge in [-0.15, -0.1) is 0 Å². The van der Waals surface area contributed by atoms with Crippen LogP contribution in [0.3, 0.4) is 0 Å². The Balaban J connectivity index is 1.83. The van der Waals surface area contributed by atoms with Crippen molar-refractivity contribution < 1.29 is 9.90 Å². The molecule has 0 aliphatic heterocycles. The van der Waals surface area contributed by atoms with E-state index in [1.807, 2.05) is 49.0 Å². The van der Waals surface area contributed by atoms with E-state index < -0.39 is 0 Å². The van der Waals surface area contributed by atoms with E-state index in [1.165, 1.54) is 5.56 Å². The lowest BCUT2D eigenvalue weighted by molar-refractivity contribution is -0.121. The molecule has 3 N–H and O–H groups in total. The van der Waals surface area contributed by atoms with Gasteiger partial charge in [-0.05, 0) is 35.7 Å². The van der Waals surface area contributed by atoms with Crippen LogP contribution >= 0.6 is 0 Å². The first-order chi connectivity index (χ1) is 11.1. The van der Waals surface area contributed by atoms with Gasteiger partial charge >= 0.3 is 0 Å². The van der Waals surface area contributed by atoms with Gasteiger partial charge in [0.1, 0.15) is 0 Å². The van der Waals surface area contributed by atoms with Crippen molar-refractivity contribution in [2.24, 2.45) is 7.05 Å². The summed E-state index contributed by atoms with van der Waals surface area (Å²) in [7, 11) is 2.00. The fourth-order valence-corrected chi connectivity index (χ4v) is 2.35. The number of nitrogens with zero attached hydrogens (tertiary/aromatic N) is 1. The number of aliphatic hydroxyl groups excluding tert-OH is 1. The van der Waals surface area contributed by atoms with E-state index in [2.05, 4.69) is 22.9 Å². The molecule has 1 aromatic carbocycles. The zero-order valence-corrected chi connectivity index (χ0v) is 13.7. The molecular weight excluding hydrogens is 290 g/mol. The summed E-state index contributed by atoms with van der Waals surface area (Å²) >= 11 is 0. The van der Waals surface area contributed by atoms with E-state index in [0.717, 1.165) is 24.2 Å². The van der Waals surface area contributed by atoms with Crippen LogP contribution in [0.2, 0.25) is 0 Å². The highest BCUT2D eigenvalue weighted by molar-refractivity contribution is 5.79. The van der Waals surface area contributed by atoms with Crippen LogP contribution < -0.4 is 10.6 Å². The molecule has 0 saturated carbocycles. The van der Waals surface area contributed by atoms with Crippen molar-refractivity contribution in [3.05, 3.63) is 53.9 Å². The van der Waals surface area contributed by atoms with Gasteiger partial charge in [0.25, 0.3) is 0 Å². The summed E-state index contributed by atoms with van der Waals surface area (Å²) in [6.45, 7) is 2.69. The fourth-order valence-electron chi connectivity index (χ4n) is 2.35. The van der Waals surface area contributed by atoms with Crippen LogP contribution in [0.4, 0.5) is 5.69 Å². The lowest BCUT2D eigenvalue weighted by Gasteiger charge is -2.14. The van der Waals surface area contributed by atoms with Crippen LogP contribution in [0.15, 0.2) is 42.7 Å². The van der Waals surface area contributed by atoms with Crippen molar-refractivity contribution in [3.8, 4) is 0 Å². The highest BCUT2D eigenvalue weighted by atomic mass is 16.3. The second kappa shape index (κ2) is 8.39. The Morgan fingerprint density at radius 2 is 1.96 bits per heavy atom. The Kier molecular flexibility index (Phi) is 6.23. The molecule has 2 aromatic rings. The molecule has 0 aliphatic rings. The van der Waals surface area contributed by atoms with E-state index in [0.29, 0.717) is 6.42 Å². The summed E-state index contributed by atoms with van der Waals surface area (Å²) in [6, 6.07) is 9.79. The van der Waals surface area contributed by atoms with Gasteiger partial charge in [-0.2, -0.15) is 0 Å². The number of hydrogen-bond acceptors (Lipinski definition) is 3. The van der Waals surface area contributed by atoms with Crippen LogP contribution in [0.25, 0.3) is 0 Å². The van der Waals surface area contributed by atoms with Crippen molar-refractivity contribution in [1.29, 1.82) is 0 Å². The average molecular weight is 315 g/mol. The first-order valence-electron chi connectivity index (χ1n) is 7.94. The molecule has 1 atom stereocenters. The van der Waals surface area contributed by atoms with Gasteiger partial charge in [0.2, 0.25) is 5.91 Å². The molecule has 1 unspecified atom stereocenters. The number of anilines is 1. The Morgan fingerprint density at radius 3 is 2.52 bits per heavy atom. The number of aryl methyl sites for hydroxylation is 1. The third-order valence-corrected chi connectivity index (χ3v) is 3.79. The van der Waals surface area contributed by atoms with Crippen LogP contribution in [0.5, 0.6) is 0 Å². The molecular formula is C18H25N3O2. The monoisotopic (exact) mass is 315 g/mol. The van der Waals surface area contributed by atoms with Crippen molar-refractivity contribution in [2.45, 2.75) is 32.4 Å². The number of benzene rings is 1. The maximum atomic E-state index is 11.9. The lowest BCUT2D eigenvalue weighted by Crippen LogP contribution is -2.37. The minimum absolute atomic E-state index is 0.0232. The van der Waals surface area contributed by atoms with Crippen LogP contribution in [0, 0.1) is 0 Å². The topological polar surface area (TPSA) is 66.3 Å².